The number of rotatable bonds is 3. The number of nitrogens with one attached hydrogen (secondary N) is 1. The Hall–Kier alpha value is -1.33. The first kappa shape index (κ1) is 11.2. The maximum atomic E-state index is 11.4. The first-order valence-corrected chi connectivity index (χ1v) is 5.37. The van der Waals surface area contributed by atoms with Gasteiger partial charge in [0.2, 0.25) is 5.91 Å². The lowest BCUT2D eigenvalue weighted by atomic mass is 10.2. The Labute approximate surface area is 94.4 Å². The number of furan rings is 1. The smallest absolute Gasteiger partial charge is 0.250 e. The number of carbonyl (C=O) groups is 1. The van der Waals surface area contributed by atoms with Gasteiger partial charge in [-0.15, -0.1) is 0 Å². The summed E-state index contributed by atoms with van der Waals surface area (Å²) in [6.07, 6.45) is 1.29. The highest BCUT2D eigenvalue weighted by Gasteiger charge is 2.26. The predicted octanol–water partition coefficient (Wildman–Crippen LogP) is 0.226. The van der Waals surface area contributed by atoms with Crippen LogP contribution < -0.4 is 5.32 Å². The van der Waals surface area contributed by atoms with Gasteiger partial charge in [-0.1, -0.05) is 0 Å². The van der Waals surface area contributed by atoms with Crippen LogP contribution in [0.3, 0.4) is 0 Å². The molecule has 88 valence electrons. The van der Waals surface area contributed by atoms with Gasteiger partial charge in [0.05, 0.1) is 19.4 Å². The van der Waals surface area contributed by atoms with Crippen LogP contribution >= 0.6 is 0 Å². The van der Waals surface area contributed by atoms with Gasteiger partial charge >= 0.3 is 0 Å². The molecule has 1 fully saturated rings. The summed E-state index contributed by atoms with van der Waals surface area (Å²) in [6, 6.07) is 3.80. The van der Waals surface area contributed by atoms with Crippen molar-refractivity contribution in [1.29, 1.82) is 0 Å². The minimum Gasteiger partial charge on any atom is -0.468 e. The molecule has 1 aromatic rings. The van der Waals surface area contributed by atoms with Crippen LogP contribution in [0.1, 0.15) is 5.76 Å². The van der Waals surface area contributed by atoms with E-state index in [0.717, 1.165) is 18.8 Å². The van der Waals surface area contributed by atoms with Crippen molar-refractivity contribution in [3.63, 3.8) is 0 Å². The molecule has 1 aliphatic rings. The summed E-state index contributed by atoms with van der Waals surface area (Å²) in [6.45, 7) is 2.75. The highest BCUT2D eigenvalue weighted by Crippen LogP contribution is 2.10. The quantitative estimate of drug-likeness (QED) is 0.798. The SMILES string of the molecule is CNC(=O)[C@H]1CN(Cc2ccco2)CCO1. The van der Waals surface area contributed by atoms with E-state index in [9.17, 15) is 4.79 Å². The predicted molar refractivity (Wildman–Crippen MR) is 57.8 cm³/mol. The molecule has 1 amide bonds. The fraction of sp³-hybridized carbons (Fsp3) is 0.545. The number of morpholine rings is 1. The molecule has 5 nitrogen and oxygen atoms in total. The van der Waals surface area contributed by atoms with Crippen molar-refractivity contribution >= 4 is 5.91 Å². The Morgan fingerprint density at radius 3 is 3.25 bits per heavy atom. The largest absolute Gasteiger partial charge is 0.468 e. The van der Waals surface area contributed by atoms with E-state index in [2.05, 4.69) is 10.2 Å². The highest BCUT2D eigenvalue weighted by molar-refractivity contribution is 5.80. The molecule has 0 unspecified atom stereocenters. The standard InChI is InChI=1S/C11H16N2O3/c1-12-11(14)10-8-13(4-6-16-10)7-9-3-2-5-15-9/h2-3,5,10H,4,6-8H2,1H3,(H,12,14)/t10-/m1/s1. The van der Waals surface area contributed by atoms with Gasteiger partial charge in [0.1, 0.15) is 11.9 Å². The third-order valence-corrected chi connectivity index (χ3v) is 2.65. The molecule has 1 N–H and O–H groups in total. The summed E-state index contributed by atoms with van der Waals surface area (Å²) >= 11 is 0. The maximum Gasteiger partial charge on any atom is 0.250 e. The fourth-order valence-electron chi connectivity index (χ4n) is 1.79. The van der Waals surface area contributed by atoms with Gasteiger partial charge in [0.25, 0.3) is 0 Å². The van der Waals surface area contributed by atoms with Crippen molar-refractivity contribution in [1.82, 2.24) is 10.2 Å². The van der Waals surface area contributed by atoms with Crippen LogP contribution in [0.4, 0.5) is 0 Å². The van der Waals surface area contributed by atoms with E-state index in [0.29, 0.717) is 13.2 Å². The van der Waals surface area contributed by atoms with Crippen LogP contribution in [-0.4, -0.2) is 43.7 Å². The minimum absolute atomic E-state index is 0.0656. The third kappa shape index (κ3) is 2.62. The molecule has 1 aromatic heterocycles. The Morgan fingerprint density at radius 1 is 1.69 bits per heavy atom. The number of nitrogens with zero attached hydrogens (tertiary/aromatic N) is 1. The molecular weight excluding hydrogens is 208 g/mol. The Balaban J connectivity index is 1.89. The molecule has 0 radical (unpaired) electrons. The summed E-state index contributed by atoms with van der Waals surface area (Å²) in [4.78, 5) is 13.6. The van der Waals surface area contributed by atoms with Gasteiger partial charge in [-0.3, -0.25) is 9.69 Å². The van der Waals surface area contributed by atoms with Crippen LogP contribution in [0.15, 0.2) is 22.8 Å². The molecule has 2 heterocycles. The van der Waals surface area contributed by atoms with Gasteiger partial charge in [-0.05, 0) is 12.1 Å². The lowest BCUT2D eigenvalue weighted by Crippen LogP contribution is -2.48. The van der Waals surface area contributed by atoms with Crippen LogP contribution in [0.5, 0.6) is 0 Å². The van der Waals surface area contributed by atoms with Gasteiger partial charge < -0.3 is 14.5 Å². The summed E-state index contributed by atoms with van der Waals surface area (Å²) in [5.74, 6) is 0.849. The molecular formula is C11H16N2O3. The number of carbonyl (C=O) groups excluding carboxylic acids is 1. The molecule has 0 spiro atoms. The number of ether oxygens (including phenoxy) is 1. The summed E-state index contributed by atoms with van der Waals surface area (Å²) in [5, 5.41) is 2.60. The normalized spacial score (nSPS) is 21.9. The first-order chi connectivity index (χ1) is 7.79. The van der Waals surface area contributed by atoms with Crippen LogP contribution in [0, 0.1) is 0 Å². The zero-order valence-electron chi connectivity index (χ0n) is 9.31. The first-order valence-electron chi connectivity index (χ1n) is 5.37. The van der Waals surface area contributed by atoms with Crippen molar-refractivity contribution in [2.75, 3.05) is 26.7 Å². The third-order valence-electron chi connectivity index (χ3n) is 2.65. The lowest BCUT2D eigenvalue weighted by molar-refractivity contribution is -0.138. The monoisotopic (exact) mass is 224 g/mol. The van der Waals surface area contributed by atoms with Crippen molar-refractivity contribution in [3.8, 4) is 0 Å². The minimum atomic E-state index is -0.367. The Bertz CT molecular complexity index is 337. The lowest BCUT2D eigenvalue weighted by Gasteiger charge is -2.31. The molecule has 0 saturated carbocycles. The molecule has 0 aliphatic carbocycles. The van der Waals surface area contributed by atoms with E-state index < -0.39 is 0 Å². The molecule has 16 heavy (non-hydrogen) atoms. The second-order valence-corrected chi connectivity index (χ2v) is 3.79. The molecule has 0 aromatic carbocycles. The van der Waals surface area contributed by atoms with Crippen molar-refractivity contribution < 1.29 is 13.9 Å². The average molecular weight is 224 g/mol. The summed E-state index contributed by atoms with van der Waals surface area (Å²) in [5.41, 5.74) is 0. The van der Waals surface area contributed by atoms with Gasteiger partial charge in [0, 0.05) is 20.1 Å². The Morgan fingerprint density at radius 2 is 2.56 bits per heavy atom. The second kappa shape index (κ2) is 5.14. The zero-order valence-corrected chi connectivity index (χ0v) is 9.31. The average Bonchev–Trinajstić information content (AvgIpc) is 2.81. The van der Waals surface area contributed by atoms with Crippen molar-refractivity contribution in [2.24, 2.45) is 0 Å². The van der Waals surface area contributed by atoms with E-state index in [1.165, 1.54) is 0 Å². The molecule has 5 heteroatoms. The molecule has 1 saturated heterocycles. The van der Waals surface area contributed by atoms with E-state index in [1.807, 2.05) is 12.1 Å². The second-order valence-electron chi connectivity index (χ2n) is 3.79. The topological polar surface area (TPSA) is 54.7 Å². The maximum absolute atomic E-state index is 11.4. The van der Waals surface area contributed by atoms with Gasteiger partial charge in [-0.2, -0.15) is 0 Å². The van der Waals surface area contributed by atoms with Crippen LogP contribution in [0.25, 0.3) is 0 Å². The Kier molecular flexibility index (Phi) is 3.58. The van der Waals surface area contributed by atoms with E-state index in [-0.39, 0.29) is 12.0 Å². The molecule has 2 rings (SSSR count). The van der Waals surface area contributed by atoms with E-state index in [1.54, 1.807) is 13.3 Å². The summed E-state index contributed by atoms with van der Waals surface area (Å²) in [7, 11) is 1.62. The van der Waals surface area contributed by atoms with Crippen LogP contribution in [-0.2, 0) is 16.1 Å². The zero-order chi connectivity index (χ0) is 11.4. The highest BCUT2D eigenvalue weighted by atomic mass is 16.5. The number of amides is 1. The van der Waals surface area contributed by atoms with Crippen molar-refractivity contribution in [2.45, 2.75) is 12.6 Å². The van der Waals surface area contributed by atoms with Crippen LogP contribution in [0.2, 0.25) is 0 Å². The number of likely N-dealkylation sites (N-methyl/N-ethyl adjacent to an activating group) is 1. The number of hydrogen-bond donors (Lipinski definition) is 1. The molecule has 1 aliphatic heterocycles. The number of hydrogen-bond acceptors (Lipinski definition) is 4. The molecule has 0 bridgehead atoms. The fourth-order valence-corrected chi connectivity index (χ4v) is 1.79. The van der Waals surface area contributed by atoms with E-state index in [4.69, 9.17) is 9.15 Å². The van der Waals surface area contributed by atoms with E-state index >= 15 is 0 Å². The van der Waals surface area contributed by atoms with Gasteiger partial charge in [-0.25, -0.2) is 0 Å². The van der Waals surface area contributed by atoms with Gasteiger partial charge in [0.15, 0.2) is 0 Å². The van der Waals surface area contributed by atoms with Crippen molar-refractivity contribution in [3.05, 3.63) is 24.2 Å². The molecule has 1 atom stereocenters. The summed E-state index contributed by atoms with van der Waals surface area (Å²) < 4.78 is 10.7.